The van der Waals surface area contributed by atoms with Crippen LogP contribution < -0.4 is 15.1 Å². The summed E-state index contributed by atoms with van der Waals surface area (Å²) < 4.78 is 0. The summed E-state index contributed by atoms with van der Waals surface area (Å²) in [6, 6.07) is 8.01. The van der Waals surface area contributed by atoms with Crippen LogP contribution in [0.5, 0.6) is 0 Å². The van der Waals surface area contributed by atoms with Gasteiger partial charge in [-0.05, 0) is 30.5 Å². The minimum atomic E-state index is 0.607. The summed E-state index contributed by atoms with van der Waals surface area (Å²) >= 11 is 6.10. The molecule has 134 valence electrons. The highest BCUT2D eigenvalue weighted by molar-refractivity contribution is 6.30. The van der Waals surface area contributed by atoms with Gasteiger partial charge in [-0.3, -0.25) is 0 Å². The van der Waals surface area contributed by atoms with E-state index in [1.807, 2.05) is 18.2 Å². The van der Waals surface area contributed by atoms with Gasteiger partial charge in [0.05, 0.1) is 6.20 Å². The van der Waals surface area contributed by atoms with Crippen molar-refractivity contribution in [3.8, 4) is 0 Å². The van der Waals surface area contributed by atoms with E-state index in [2.05, 4.69) is 50.2 Å². The number of aromatic nitrogens is 3. The summed E-state index contributed by atoms with van der Waals surface area (Å²) in [5.41, 5.74) is 1.17. The molecule has 1 aliphatic heterocycles. The molecule has 3 rings (SSSR count). The largest absolute Gasteiger partial charge is 0.368 e. The minimum absolute atomic E-state index is 0.607. The first-order valence-corrected chi connectivity index (χ1v) is 9.18. The molecule has 1 N–H and O–H groups in total. The number of rotatable bonds is 6. The molecule has 0 bridgehead atoms. The molecular weight excluding hydrogens is 336 g/mol. The van der Waals surface area contributed by atoms with Crippen LogP contribution in [0, 0.1) is 5.92 Å². The van der Waals surface area contributed by atoms with Gasteiger partial charge in [0, 0.05) is 43.4 Å². The van der Waals surface area contributed by atoms with Crippen LogP contribution in [0.2, 0.25) is 5.02 Å². The maximum atomic E-state index is 6.10. The number of hydrogen-bond acceptors (Lipinski definition) is 6. The maximum absolute atomic E-state index is 6.10. The van der Waals surface area contributed by atoms with E-state index < -0.39 is 0 Å². The molecule has 0 aliphatic carbocycles. The molecule has 2 aromatic rings. The van der Waals surface area contributed by atoms with E-state index in [1.165, 1.54) is 5.69 Å². The van der Waals surface area contributed by atoms with E-state index >= 15 is 0 Å². The van der Waals surface area contributed by atoms with Gasteiger partial charge in [-0.25, -0.2) is 0 Å². The van der Waals surface area contributed by atoms with Crippen LogP contribution in [0.25, 0.3) is 0 Å². The van der Waals surface area contributed by atoms with Gasteiger partial charge in [0.2, 0.25) is 5.95 Å². The van der Waals surface area contributed by atoms with Crippen LogP contribution in [-0.2, 0) is 0 Å². The molecule has 0 unspecified atom stereocenters. The summed E-state index contributed by atoms with van der Waals surface area (Å²) in [6.07, 6.45) is 2.83. The third kappa shape index (κ3) is 4.95. The summed E-state index contributed by atoms with van der Waals surface area (Å²) in [5, 5.41) is 12.2. The first-order valence-electron chi connectivity index (χ1n) is 8.81. The third-order valence-electron chi connectivity index (χ3n) is 4.33. The normalized spacial score (nSPS) is 14.9. The molecule has 7 heteroatoms. The smallest absolute Gasteiger partial charge is 0.244 e. The van der Waals surface area contributed by atoms with E-state index in [0.29, 0.717) is 11.9 Å². The SMILES string of the molecule is CC(C)CCNc1nncc(N2CCN(c3cccc(Cl)c3)CC2)n1. The molecule has 0 saturated carbocycles. The number of anilines is 3. The fourth-order valence-electron chi connectivity index (χ4n) is 2.86. The Balaban J connectivity index is 1.57. The van der Waals surface area contributed by atoms with Crippen LogP contribution in [0.15, 0.2) is 30.5 Å². The highest BCUT2D eigenvalue weighted by Crippen LogP contribution is 2.22. The lowest BCUT2D eigenvalue weighted by molar-refractivity contribution is 0.604. The predicted octanol–water partition coefficient (Wildman–Crippen LogP) is 3.31. The molecule has 0 spiro atoms. The summed E-state index contributed by atoms with van der Waals surface area (Å²) in [6.45, 7) is 8.94. The number of benzene rings is 1. The molecule has 0 radical (unpaired) electrons. The second-order valence-electron chi connectivity index (χ2n) is 6.70. The number of nitrogens with zero attached hydrogens (tertiary/aromatic N) is 5. The van der Waals surface area contributed by atoms with Gasteiger partial charge in [0.15, 0.2) is 5.82 Å². The fourth-order valence-corrected chi connectivity index (χ4v) is 3.05. The van der Waals surface area contributed by atoms with Gasteiger partial charge in [-0.15, -0.1) is 5.10 Å². The van der Waals surface area contributed by atoms with E-state index in [9.17, 15) is 0 Å². The van der Waals surface area contributed by atoms with Gasteiger partial charge in [-0.2, -0.15) is 10.1 Å². The maximum Gasteiger partial charge on any atom is 0.244 e. The Hall–Kier alpha value is -2.08. The molecule has 1 fully saturated rings. The van der Waals surface area contributed by atoms with Crippen molar-refractivity contribution < 1.29 is 0 Å². The zero-order valence-corrected chi connectivity index (χ0v) is 15.6. The van der Waals surface area contributed by atoms with Gasteiger partial charge in [0.25, 0.3) is 0 Å². The molecule has 6 nitrogen and oxygen atoms in total. The molecule has 2 heterocycles. The van der Waals surface area contributed by atoms with E-state index in [1.54, 1.807) is 6.20 Å². The van der Waals surface area contributed by atoms with Crippen LogP contribution in [0.3, 0.4) is 0 Å². The molecule has 1 aromatic heterocycles. The van der Waals surface area contributed by atoms with Crippen molar-refractivity contribution in [1.82, 2.24) is 15.2 Å². The standard InChI is InChI=1S/C18H25ClN6/c1-14(2)6-7-20-18-22-17(13-21-23-18)25-10-8-24(9-11-25)16-5-3-4-15(19)12-16/h3-5,12-14H,6-11H2,1-2H3,(H,20,22,23). The van der Waals surface area contributed by atoms with Crippen molar-refractivity contribution >= 4 is 29.1 Å². The quantitative estimate of drug-likeness (QED) is 0.852. The Morgan fingerprint density at radius 3 is 2.64 bits per heavy atom. The molecule has 0 amide bonds. The topological polar surface area (TPSA) is 57.2 Å². The highest BCUT2D eigenvalue weighted by Gasteiger charge is 2.19. The van der Waals surface area contributed by atoms with Crippen LogP contribution >= 0.6 is 11.6 Å². The van der Waals surface area contributed by atoms with Crippen molar-refractivity contribution in [3.63, 3.8) is 0 Å². The number of piperazine rings is 1. The average molecular weight is 361 g/mol. The lowest BCUT2D eigenvalue weighted by Gasteiger charge is -2.36. The second-order valence-corrected chi connectivity index (χ2v) is 7.14. The molecule has 1 aromatic carbocycles. The average Bonchev–Trinajstić information content (AvgIpc) is 2.62. The first kappa shape index (κ1) is 17.7. The van der Waals surface area contributed by atoms with Crippen LogP contribution in [0.4, 0.5) is 17.5 Å². The van der Waals surface area contributed by atoms with Crippen molar-refractivity contribution in [2.75, 3.05) is 47.8 Å². The Labute approximate surface area is 154 Å². The molecule has 1 aliphatic rings. The van der Waals surface area contributed by atoms with E-state index in [4.69, 9.17) is 11.6 Å². The Bertz CT molecular complexity index is 685. The molecular formula is C18H25ClN6. The summed E-state index contributed by atoms with van der Waals surface area (Å²) in [5.74, 6) is 2.14. The van der Waals surface area contributed by atoms with E-state index in [0.717, 1.165) is 50.0 Å². The second kappa shape index (κ2) is 8.34. The Morgan fingerprint density at radius 2 is 1.92 bits per heavy atom. The monoisotopic (exact) mass is 360 g/mol. The van der Waals surface area contributed by atoms with Gasteiger partial charge >= 0.3 is 0 Å². The van der Waals surface area contributed by atoms with Crippen LogP contribution in [-0.4, -0.2) is 47.9 Å². The van der Waals surface area contributed by atoms with Crippen molar-refractivity contribution in [3.05, 3.63) is 35.5 Å². The first-order chi connectivity index (χ1) is 12.1. The van der Waals surface area contributed by atoms with Crippen LogP contribution in [0.1, 0.15) is 20.3 Å². The van der Waals surface area contributed by atoms with E-state index in [-0.39, 0.29) is 0 Å². The summed E-state index contributed by atoms with van der Waals surface area (Å²) in [4.78, 5) is 9.21. The molecule has 1 saturated heterocycles. The third-order valence-corrected chi connectivity index (χ3v) is 4.56. The fraction of sp³-hybridized carbons (Fsp3) is 0.500. The lowest BCUT2D eigenvalue weighted by atomic mass is 10.1. The number of nitrogens with one attached hydrogen (secondary N) is 1. The van der Waals surface area contributed by atoms with Gasteiger partial charge in [-0.1, -0.05) is 31.5 Å². The zero-order valence-electron chi connectivity index (χ0n) is 14.8. The Morgan fingerprint density at radius 1 is 1.16 bits per heavy atom. The predicted molar refractivity (Wildman–Crippen MR) is 104 cm³/mol. The zero-order chi connectivity index (χ0) is 17.6. The number of halogens is 1. The Kier molecular flexibility index (Phi) is 5.91. The summed E-state index contributed by atoms with van der Waals surface area (Å²) in [7, 11) is 0. The van der Waals surface area contributed by atoms with Crippen molar-refractivity contribution in [1.29, 1.82) is 0 Å². The van der Waals surface area contributed by atoms with Gasteiger partial charge in [0.1, 0.15) is 0 Å². The lowest BCUT2D eigenvalue weighted by Crippen LogP contribution is -2.47. The molecule has 0 atom stereocenters. The molecule has 25 heavy (non-hydrogen) atoms. The number of hydrogen-bond donors (Lipinski definition) is 1. The van der Waals surface area contributed by atoms with Crippen molar-refractivity contribution in [2.24, 2.45) is 5.92 Å². The van der Waals surface area contributed by atoms with Gasteiger partial charge < -0.3 is 15.1 Å². The van der Waals surface area contributed by atoms with Crippen molar-refractivity contribution in [2.45, 2.75) is 20.3 Å². The highest BCUT2D eigenvalue weighted by atomic mass is 35.5. The minimum Gasteiger partial charge on any atom is -0.368 e.